The van der Waals surface area contributed by atoms with Crippen molar-refractivity contribution < 1.29 is 31.1 Å². The topological polar surface area (TPSA) is 60.2 Å². The van der Waals surface area contributed by atoms with Crippen LogP contribution in [0.25, 0.3) is 0 Å². The van der Waals surface area contributed by atoms with Crippen LogP contribution in [0.5, 0.6) is 0 Å². The van der Waals surface area contributed by atoms with Gasteiger partial charge in [-0.15, -0.1) is 0 Å². The molecule has 176 valence electrons. The fourth-order valence-electron chi connectivity index (χ4n) is 3.40. The van der Waals surface area contributed by atoms with Crippen LogP contribution >= 0.6 is 11.8 Å². The molecule has 0 unspecified atom stereocenters. The number of hydrogen-bond donors (Lipinski definition) is 0. The van der Waals surface area contributed by atoms with Gasteiger partial charge in [-0.2, -0.15) is 31.6 Å². The van der Waals surface area contributed by atoms with Crippen molar-refractivity contribution >= 4 is 23.4 Å². The van der Waals surface area contributed by atoms with Gasteiger partial charge in [0, 0.05) is 37.6 Å². The van der Waals surface area contributed by atoms with Crippen LogP contribution in [0.1, 0.15) is 22.4 Å². The third kappa shape index (κ3) is 5.90. The lowest BCUT2D eigenvalue weighted by atomic mass is 10.1. The fourth-order valence-corrected chi connectivity index (χ4v) is 4.35. The minimum absolute atomic E-state index is 0.0750. The summed E-state index contributed by atoms with van der Waals surface area (Å²) in [4.78, 5) is 19.8. The number of aryl methyl sites for hydroxylation is 1. The van der Waals surface area contributed by atoms with Crippen molar-refractivity contribution in [1.82, 2.24) is 9.88 Å². The number of aromatic nitrogens is 1. The lowest BCUT2D eigenvalue weighted by Gasteiger charge is -2.36. The molecular weight excluding hydrogens is 470 g/mol. The Labute approximate surface area is 190 Å². The Morgan fingerprint density at radius 3 is 2.33 bits per heavy atom. The first-order valence-electron chi connectivity index (χ1n) is 9.72. The highest BCUT2D eigenvalue weighted by molar-refractivity contribution is 8.00. The van der Waals surface area contributed by atoms with Crippen LogP contribution in [0, 0.1) is 18.3 Å². The van der Waals surface area contributed by atoms with E-state index in [1.54, 1.807) is 11.0 Å². The van der Waals surface area contributed by atoms with Crippen molar-refractivity contribution in [3.8, 4) is 6.07 Å². The van der Waals surface area contributed by atoms with Crippen molar-refractivity contribution in [2.75, 3.05) is 36.8 Å². The Morgan fingerprint density at radius 1 is 1.09 bits per heavy atom. The molecule has 2 heterocycles. The third-order valence-electron chi connectivity index (χ3n) is 5.03. The van der Waals surface area contributed by atoms with Gasteiger partial charge in [0.2, 0.25) is 5.91 Å². The summed E-state index contributed by atoms with van der Waals surface area (Å²) < 4.78 is 78.5. The molecule has 0 bridgehead atoms. The Balaban J connectivity index is 1.63. The van der Waals surface area contributed by atoms with E-state index >= 15 is 0 Å². The minimum Gasteiger partial charge on any atom is -0.368 e. The first-order chi connectivity index (χ1) is 15.4. The molecule has 5 nitrogen and oxygen atoms in total. The number of hydrogen-bond acceptors (Lipinski definition) is 5. The van der Waals surface area contributed by atoms with E-state index in [-0.39, 0.29) is 35.5 Å². The molecule has 3 rings (SSSR count). The number of rotatable bonds is 4. The van der Waals surface area contributed by atoms with Crippen molar-refractivity contribution in [2.24, 2.45) is 0 Å². The molecule has 0 radical (unpaired) electrons. The van der Waals surface area contributed by atoms with Crippen molar-refractivity contribution in [1.29, 1.82) is 5.26 Å². The third-order valence-corrected chi connectivity index (χ3v) is 6.00. The number of nitrogens with zero attached hydrogens (tertiary/aromatic N) is 4. The Bertz CT molecular complexity index is 1070. The van der Waals surface area contributed by atoms with Crippen molar-refractivity contribution in [3.63, 3.8) is 0 Å². The van der Waals surface area contributed by atoms with E-state index in [1.807, 2.05) is 0 Å². The molecule has 0 atom stereocenters. The van der Waals surface area contributed by atoms with Crippen LogP contribution in [0.2, 0.25) is 0 Å². The molecule has 0 N–H and O–H groups in total. The van der Waals surface area contributed by atoms with Crippen LogP contribution in [0.3, 0.4) is 0 Å². The number of pyridine rings is 1. The van der Waals surface area contributed by atoms with Gasteiger partial charge >= 0.3 is 12.4 Å². The second kappa shape index (κ2) is 9.51. The van der Waals surface area contributed by atoms with E-state index in [4.69, 9.17) is 0 Å². The number of anilines is 1. The average Bonchev–Trinajstić information content (AvgIpc) is 2.76. The maximum Gasteiger partial charge on any atom is 0.417 e. The average molecular weight is 488 g/mol. The van der Waals surface area contributed by atoms with Gasteiger partial charge in [0.1, 0.15) is 11.1 Å². The maximum atomic E-state index is 13.2. The molecule has 1 aromatic heterocycles. The van der Waals surface area contributed by atoms with E-state index in [0.29, 0.717) is 18.8 Å². The van der Waals surface area contributed by atoms with E-state index in [1.165, 1.54) is 24.0 Å². The van der Waals surface area contributed by atoms with Crippen LogP contribution in [-0.2, 0) is 17.1 Å². The Morgan fingerprint density at radius 2 is 1.76 bits per heavy atom. The highest BCUT2D eigenvalue weighted by atomic mass is 32.2. The molecule has 12 heteroatoms. The maximum absolute atomic E-state index is 13.2. The van der Waals surface area contributed by atoms with Crippen LogP contribution in [-0.4, -0.2) is 47.7 Å². The first kappa shape index (κ1) is 24.7. The van der Waals surface area contributed by atoms with Gasteiger partial charge < -0.3 is 9.80 Å². The summed E-state index contributed by atoms with van der Waals surface area (Å²) in [5.74, 6) is -0.573. The first-order valence-corrected chi connectivity index (χ1v) is 10.7. The standard InChI is InChI=1S/C21H18F6N4OS/c1-13-9-17(21(25,26)27)16(11-28)19(29-13)33-12-18(32)31-7-5-30(6-8-31)15-4-2-3-14(10-15)20(22,23)24/h2-4,9-10H,5-8,12H2,1H3. The number of carbonyl (C=O) groups is 1. The van der Waals surface area contributed by atoms with E-state index < -0.39 is 29.0 Å². The highest BCUT2D eigenvalue weighted by Crippen LogP contribution is 2.36. The smallest absolute Gasteiger partial charge is 0.368 e. The molecule has 1 fully saturated rings. The summed E-state index contributed by atoms with van der Waals surface area (Å²) in [6.45, 7) is 2.48. The lowest BCUT2D eigenvalue weighted by molar-refractivity contribution is -0.138. The summed E-state index contributed by atoms with van der Waals surface area (Å²) in [5, 5.41) is 9.03. The zero-order valence-electron chi connectivity index (χ0n) is 17.3. The molecule has 1 saturated heterocycles. The molecule has 1 amide bonds. The largest absolute Gasteiger partial charge is 0.417 e. The second-order valence-corrected chi connectivity index (χ2v) is 8.27. The van der Waals surface area contributed by atoms with Crippen molar-refractivity contribution in [3.05, 3.63) is 52.7 Å². The monoisotopic (exact) mass is 488 g/mol. The van der Waals surface area contributed by atoms with E-state index in [2.05, 4.69) is 4.98 Å². The van der Waals surface area contributed by atoms with Gasteiger partial charge in [-0.1, -0.05) is 17.8 Å². The fraction of sp³-hybridized carbons (Fsp3) is 0.381. The molecule has 1 aromatic carbocycles. The van der Waals surface area contributed by atoms with Gasteiger partial charge in [0.25, 0.3) is 0 Å². The Kier molecular flexibility index (Phi) is 7.11. The second-order valence-electron chi connectivity index (χ2n) is 7.31. The van der Waals surface area contributed by atoms with Crippen molar-refractivity contribution in [2.45, 2.75) is 24.3 Å². The van der Waals surface area contributed by atoms with Crippen LogP contribution in [0.15, 0.2) is 35.4 Å². The normalized spacial score (nSPS) is 14.8. The number of piperazine rings is 1. The van der Waals surface area contributed by atoms with E-state index in [9.17, 15) is 36.4 Å². The number of benzene rings is 1. The van der Waals surface area contributed by atoms with Gasteiger partial charge in [-0.3, -0.25) is 4.79 Å². The summed E-state index contributed by atoms with van der Waals surface area (Å²) >= 11 is 0.756. The molecule has 0 aliphatic carbocycles. The predicted octanol–water partition coefficient (Wildman–Crippen LogP) is 4.74. The predicted molar refractivity (Wildman–Crippen MR) is 110 cm³/mol. The molecule has 33 heavy (non-hydrogen) atoms. The summed E-state index contributed by atoms with van der Waals surface area (Å²) in [5.41, 5.74) is -2.01. The van der Waals surface area contributed by atoms with Gasteiger partial charge in [-0.05, 0) is 31.2 Å². The number of thioether (sulfide) groups is 1. The quantitative estimate of drug-likeness (QED) is 0.460. The molecule has 2 aromatic rings. The molecule has 1 aliphatic rings. The van der Waals surface area contributed by atoms with Gasteiger partial charge in [-0.25, -0.2) is 4.98 Å². The van der Waals surface area contributed by atoms with Crippen LogP contribution < -0.4 is 4.90 Å². The summed E-state index contributed by atoms with van der Waals surface area (Å²) in [6, 6.07) is 7.24. The number of carbonyl (C=O) groups excluding carboxylic acids is 1. The number of halogens is 6. The molecule has 1 aliphatic heterocycles. The zero-order valence-corrected chi connectivity index (χ0v) is 18.1. The Hall–Kier alpha value is -2.94. The minimum atomic E-state index is -4.72. The molecular formula is C21H18F6N4OS. The molecule has 0 spiro atoms. The zero-order chi connectivity index (χ0) is 24.4. The number of amides is 1. The molecule has 0 saturated carbocycles. The SMILES string of the molecule is Cc1cc(C(F)(F)F)c(C#N)c(SCC(=O)N2CCN(c3cccc(C(F)(F)F)c3)CC2)n1. The van der Waals surface area contributed by atoms with Crippen LogP contribution in [0.4, 0.5) is 32.0 Å². The summed E-state index contributed by atoms with van der Waals surface area (Å²) in [7, 11) is 0. The summed E-state index contributed by atoms with van der Waals surface area (Å²) in [6.07, 6.45) is -9.18. The highest BCUT2D eigenvalue weighted by Gasteiger charge is 2.36. The lowest BCUT2D eigenvalue weighted by Crippen LogP contribution is -2.49. The van der Waals surface area contributed by atoms with E-state index in [0.717, 1.165) is 30.0 Å². The van der Waals surface area contributed by atoms with Gasteiger partial charge in [0.05, 0.1) is 22.4 Å². The number of alkyl halides is 6. The van der Waals surface area contributed by atoms with Gasteiger partial charge in [0.15, 0.2) is 0 Å². The number of nitriles is 1.